The molecule has 0 bridgehead atoms. The number of carbonyl (C=O) groups is 1. The molecule has 0 atom stereocenters. The summed E-state index contributed by atoms with van der Waals surface area (Å²) in [5.74, 6) is 0.534. The van der Waals surface area contributed by atoms with E-state index in [1.54, 1.807) is 36.4 Å². The van der Waals surface area contributed by atoms with Crippen LogP contribution in [0.4, 0.5) is 5.69 Å². The number of nitrogen functional groups attached to an aromatic ring is 1. The number of carbonyl (C=O) groups excluding carboxylic acids is 1. The van der Waals surface area contributed by atoms with Gasteiger partial charge in [0.15, 0.2) is 0 Å². The quantitative estimate of drug-likeness (QED) is 0.838. The molecule has 1 heterocycles. The molecule has 0 radical (unpaired) electrons. The van der Waals surface area contributed by atoms with E-state index in [0.717, 1.165) is 5.57 Å². The van der Waals surface area contributed by atoms with Gasteiger partial charge < -0.3 is 20.5 Å². The summed E-state index contributed by atoms with van der Waals surface area (Å²) in [7, 11) is 1.52. The van der Waals surface area contributed by atoms with E-state index in [-0.39, 0.29) is 0 Å². The molecule has 0 fully saturated rings. The number of nitrogens with one attached hydrogen (secondary N) is 1. The van der Waals surface area contributed by atoms with Crippen molar-refractivity contribution in [1.82, 2.24) is 5.32 Å². The Balaban J connectivity index is 2.18. The topological polar surface area (TPSA) is 73.6 Å². The molecule has 1 aromatic rings. The Bertz CT molecular complexity index is 743. The zero-order valence-electron chi connectivity index (χ0n) is 12.8. The third-order valence-corrected chi connectivity index (χ3v) is 3.08. The molecule has 0 aliphatic carbocycles. The lowest BCUT2D eigenvalue weighted by atomic mass is 10.1. The number of allylic oxidation sites excluding steroid dienone is 5. The summed E-state index contributed by atoms with van der Waals surface area (Å²) in [5, 5.41) is 2.67. The summed E-state index contributed by atoms with van der Waals surface area (Å²) in [5.41, 5.74) is 7.51. The Morgan fingerprint density at radius 2 is 2.13 bits per heavy atom. The Kier molecular flexibility index (Phi) is 5.04. The number of rotatable bonds is 4. The second-order valence-electron chi connectivity index (χ2n) is 4.77. The molecule has 118 valence electrons. The van der Waals surface area contributed by atoms with E-state index in [0.29, 0.717) is 28.5 Å². The van der Waals surface area contributed by atoms with Gasteiger partial charge in [0.1, 0.15) is 11.5 Å². The number of hydrogen-bond acceptors (Lipinski definition) is 4. The van der Waals surface area contributed by atoms with Crippen molar-refractivity contribution in [1.29, 1.82) is 0 Å². The molecule has 0 spiro atoms. The first-order chi connectivity index (χ1) is 11.0. The molecule has 1 amide bonds. The molecule has 5 nitrogen and oxygen atoms in total. The van der Waals surface area contributed by atoms with Crippen LogP contribution in [0, 0.1) is 0 Å². The van der Waals surface area contributed by atoms with Crippen molar-refractivity contribution < 1.29 is 14.3 Å². The Morgan fingerprint density at radius 3 is 2.87 bits per heavy atom. The lowest BCUT2D eigenvalue weighted by Crippen LogP contribution is -2.24. The van der Waals surface area contributed by atoms with Crippen LogP contribution in [-0.2, 0) is 4.74 Å². The van der Waals surface area contributed by atoms with Crippen molar-refractivity contribution in [2.45, 2.75) is 0 Å². The minimum absolute atomic E-state index is 0.297. The maximum atomic E-state index is 12.4. The van der Waals surface area contributed by atoms with Crippen LogP contribution in [0.5, 0.6) is 5.75 Å². The smallest absolute Gasteiger partial charge is 0.257 e. The van der Waals surface area contributed by atoms with Gasteiger partial charge in [0.25, 0.3) is 5.91 Å². The van der Waals surface area contributed by atoms with Crippen LogP contribution in [0.1, 0.15) is 10.4 Å². The first kappa shape index (κ1) is 16.2. The molecule has 3 N–H and O–H groups in total. The summed E-state index contributed by atoms with van der Waals surface area (Å²) in [6.07, 6.45) is 8.50. The van der Waals surface area contributed by atoms with Gasteiger partial charge >= 0.3 is 0 Å². The van der Waals surface area contributed by atoms with Crippen LogP contribution >= 0.6 is 0 Å². The first-order valence-electron chi connectivity index (χ1n) is 6.86. The lowest BCUT2D eigenvalue weighted by Gasteiger charge is -2.14. The van der Waals surface area contributed by atoms with Gasteiger partial charge in [0.05, 0.1) is 24.6 Å². The van der Waals surface area contributed by atoms with Crippen molar-refractivity contribution >= 4 is 11.6 Å². The molecule has 0 saturated carbocycles. The molecule has 0 unspecified atom stereocenters. The largest absolute Gasteiger partial charge is 0.497 e. The molecule has 23 heavy (non-hydrogen) atoms. The molecule has 0 saturated heterocycles. The van der Waals surface area contributed by atoms with E-state index in [4.69, 9.17) is 15.2 Å². The summed E-state index contributed by atoms with van der Waals surface area (Å²) in [4.78, 5) is 12.4. The predicted octanol–water partition coefficient (Wildman–Crippen LogP) is 3.06. The highest BCUT2D eigenvalue weighted by Gasteiger charge is 2.14. The maximum Gasteiger partial charge on any atom is 0.257 e. The van der Waals surface area contributed by atoms with Crippen molar-refractivity contribution in [2.24, 2.45) is 0 Å². The number of hydrogen-bond donors (Lipinski definition) is 2. The van der Waals surface area contributed by atoms with Gasteiger partial charge in [0, 0.05) is 5.69 Å². The van der Waals surface area contributed by atoms with Crippen LogP contribution in [0.25, 0.3) is 0 Å². The average Bonchev–Trinajstić information content (AvgIpc) is 2.51. The van der Waals surface area contributed by atoms with Crippen LogP contribution in [0.15, 0.2) is 79.0 Å². The van der Waals surface area contributed by atoms with Gasteiger partial charge in [0.2, 0.25) is 0 Å². The predicted molar refractivity (Wildman–Crippen MR) is 90.6 cm³/mol. The molecule has 5 heteroatoms. The fraction of sp³-hybridized carbons (Fsp3) is 0.0556. The number of methoxy groups -OCH3 is 1. The molecule has 2 rings (SSSR count). The van der Waals surface area contributed by atoms with E-state index >= 15 is 0 Å². The zero-order chi connectivity index (χ0) is 16.8. The van der Waals surface area contributed by atoms with E-state index in [2.05, 4.69) is 18.5 Å². The zero-order valence-corrected chi connectivity index (χ0v) is 12.8. The summed E-state index contributed by atoms with van der Waals surface area (Å²) in [6.45, 7) is 7.68. The maximum absolute atomic E-state index is 12.4. The lowest BCUT2D eigenvalue weighted by molar-refractivity contribution is 0.0964. The molecule has 1 aliphatic heterocycles. The summed E-state index contributed by atoms with van der Waals surface area (Å²) < 4.78 is 10.5. The monoisotopic (exact) mass is 310 g/mol. The van der Waals surface area contributed by atoms with Gasteiger partial charge in [-0.2, -0.15) is 0 Å². The molecular formula is C18H18N2O3. The van der Waals surface area contributed by atoms with Gasteiger partial charge in [-0.15, -0.1) is 0 Å². The highest BCUT2D eigenvalue weighted by molar-refractivity contribution is 6.00. The third-order valence-electron chi connectivity index (χ3n) is 3.08. The molecule has 1 aromatic carbocycles. The van der Waals surface area contributed by atoms with Crippen molar-refractivity contribution in [3.05, 3.63) is 84.5 Å². The number of anilines is 1. The molecule has 0 aromatic heterocycles. The summed E-state index contributed by atoms with van der Waals surface area (Å²) in [6, 6.07) is 4.85. The van der Waals surface area contributed by atoms with Gasteiger partial charge in [-0.25, -0.2) is 0 Å². The number of amides is 1. The Morgan fingerprint density at radius 1 is 1.35 bits per heavy atom. The number of nitrogens with two attached hydrogens (primary N) is 1. The summed E-state index contributed by atoms with van der Waals surface area (Å²) >= 11 is 0. The fourth-order valence-electron chi connectivity index (χ4n) is 1.87. The second-order valence-corrected chi connectivity index (χ2v) is 4.77. The van der Waals surface area contributed by atoms with Gasteiger partial charge in [-0.3, -0.25) is 4.79 Å². The third kappa shape index (κ3) is 4.14. The van der Waals surface area contributed by atoms with E-state index < -0.39 is 5.91 Å². The van der Waals surface area contributed by atoms with Crippen molar-refractivity contribution in [3.63, 3.8) is 0 Å². The van der Waals surface area contributed by atoms with Crippen molar-refractivity contribution in [3.8, 4) is 5.75 Å². The second kappa shape index (κ2) is 7.17. The molecule has 1 aliphatic rings. The van der Waals surface area contributed by atoms with Gasteiger partial charge in [-0.1, -0.05) is 25.3 Å². The average molecular weight is 310 g/mol. The molecular weight excluding hydrogens is 292 g/mol. The van der Waals surface area contributed by atoms with Gasteiger partial charge in [-0.05, 0) is 35.9 Å². The minimum atomic E-state index is -0.400. The number of benzene rings is 1. The highest BCUT2D eigenvalue weighted by Crippen LogP contribution is 2.20. The minimum Gasteiger partial charge on any atom is -0.497 e. The van der Waals surface area contributed by atoms with E-state index in [1.165, 1.54) is 13.4 Å². The Labute approximate surface area is 135 Å². The highest BCUT2D eigenvalue weighted by atomic mass is 16.5. The van der Waals surface area contributed by atoms with Crippen LogP contribution in [0.3, 0.4) is 0 Å². The number of ether oxygens (including phenoxy) is 2. The van der Waals surface area contributed by atoms with E-state index in [9.17, 15) is 4.79 Å². The standard InChI is InChI=1S/C18H18N2O3/c1-12-6-4-5-9-23-17(10-12)13(2)20-18(21)15-11-14(22-3)7-8-16(15)19/h4-11H,1-2,19H2,3H3,(H,20,21)/b6-4-,9-5-,17-10?. The Hall–Kier alpha value is -3.21. The normalized spacial score (nSPS) is 16.2. The van der Waals surface area contributed by atoms with Crippen LogP contribution < -0.4 is 15.8 Å². The SMILES string of the molecule is C=C1C=C(C(=C)NC(=O)c2cc(OC)ccc2N)O/C=C\C=C/1. The first-order valence-corrected chi connectivity index (χ1v) is 6.86. The van der Waals surface area contributed by atoms with Crippen LogP contribution in [0.2, 0.25) is 0 Å². The van der Waals surface area contributed by atoms with Crippen LogP contribution in [-0.4, -0.2) is 13.0 Å². The fourth-order valence-corrected chi connectivity index (χ4v) is 1.87. The van der Waals surface area contributed by atoms with Crippen molar-refractivity contribution in [2.75, 3.05) is 12.8 Å². The van der Waals surface area contributed by atoms with E-state index in [1.807, 2.05) is 6.08 Å².